The minimum absolute atomic E-state index is 0.251. The monoisotopic (exact) mass is 1210 g/mol. The van der Waals surface area contributed by atoms with Crippen LogP contribution in [-0.4, -0.2) is 206 Å². The maximum Gasteiger partial charge on any atom is 0.228 e. The molecule has 4 unspecified atom stereocenters. The summed E-state index contributed by atoms with van der Waals surface area (Å²) in [5.41, 5.74) is 9.95. The van der Waals surface area contributed by atoms with Gasteiger partial charge in [0.25, 0.3) is 0 Å². The zero-order valence-corrected chi connectivity index (χ0v) is 46.4. The molecule has 8 bridgehead atoms. The third-order valence-corrected chi connectivity index (χ3v) is 16.2. The Hall–Kier alpha value is -7.96. The third-order valence-electron chi connectivity index (χ3n) is 16.2. The Balaban J connectivity index is 0.985. The van der Waals surface area contributed by atoms with Gasteiger partial charge in [-0.1, -0.05) is 48.5 Å². The van der Waals surface area contributed by atoms with E-state index >= 15 is 0 Å². The lowest BCUT2D eigenvalue weighted by molar-refractivity contribution is -0.242. The van der Waals surface area contributed by atoms with E-state index in [9.17, 15) is 61.3 Å². The van der Waals surface area contributed by atoms with Crippen LogP contribution in [0, 0.1) is 0 Å². The number of hydrogen-bond donors (Lipinski definition) is 14. The summed E-state index contributed by atoms with van der Waals surface area (Å²) in [4.78, 5) is 18.1. The van der Waals surface area contributed by atoms with E-state index in [1.165, 1.54) is 0 Å². The highest BCUT2D eigenvalue weighted by Crippen LogP contribution is 2.41. The lowest BCUT2D eigenvalue weighted by Gasteiger charge is -2.34. The van der Waals surface area contributed by atoms with Crippen molar-refractivity contribution >= 4 is 46.4 Å². The van der Waals surface area contributed by atoms with Crippen molar-refractivity contribution in [1.82, 2.24) is 19.9 Å². The molecule has 7 aromatic rings. The molecule has 0 radical (unpaired) electrons. The van der Waals surface area contributed by atoms with Crippen molar-refractivity contribution in [2.24, 2.45) is 0 Å². The first-order valence-corrected chi connectivity index (χ1v) is 28.4. The van der Waals surface area contributed by atoms with E-state index in [0.717, 1.165) is 0 Å². The molecule has 6 aliphatic heterocycles. The van der Waals surface area contributed by atoms with Crippen LogP contribution in [0.15, 0.2) is 121 Å². The maximum atomic E-state index is 10.7. The second-order valence-corrected chi connectivity index (χ2v) is 22.1. The summed E-state index contributed by atoms with van der Waals surface area (Å²) in [6, 6.07) is 35.6. The Kier molecular flexibility index (Phi) is 16.5. The Labute approximate surface area is 500 Å². The minimum atomic E-state index is -1.53. The van der Waals surface area contributed by atoms with Crippen molar-refractivity contribution in [3.05, 3.63) is 144 Å². The topological polar surface area (TPSA) is 374 Å². The number of rotatable bonds is 12. The van der Waals surface area contributed by atoms with Crippen molar-refractivity contribution in [2.45, 2.75) is 98.4 Å². The number of aliphatic hydroxyl groups is 12. The molecule has 9 heterocycles. The number of ether oxygens (including phenoxy) is 8. The third kappa shape index (κ3) is 11.6. The molecule has 0 amide bonds. The lowest BCUT2D eigenvalue weighted by atomic mass is 10.0. The van der Waals surface area contributed by atoms with Gasteiger partial charge in [-0.25, -0.2) is 9.97 Å². The Bertz CT molecular complexity index is 3400. The molecule has 16 atom stereocenters. The summed E-state index contributed by atoms with van der Waals surface area (Å²) in [5, 5.41) is 125. The van der Waals surface area contributed by atoms with Crippen molar-refractivity contribution in [2.75, 3.05) is 26.4 Å². The highest BCUT2D eigenvalue weighted by molar-refractivity contribution is 6.00. The van der Waals surface area contributed by atoms with Crippen LogP contribution in [0.2, 0.25) is 0 Å². The van der Waals surface area contributed by atoms with Crippen molar-refractivity contribution < 1.29 is 99.2 Å². The summed E-state index contributed by atoms with van der Waals surface area (Å²) in [7, 11) is 0. The molecule has 88 heavy (non-hydrogen) atoms. The van der Waals surface area contributed by atoms with Gasteiger partial charge in [0.15, 0.2) is 0 Å². The molecule has 24 heteroatoms. The molecule has 0 aliphatic carbocycles. The zero-order valence-electron chi connectivity index (χ0n) is 46.4. The molecule has 3 aromatic heterocycles. The summed E-state index contributed by atoms with van der Waals surface area (Å²) < 4.78 is 46.1. The van der Waals surface area contributed by atoms with Gasteiger partial charge in [-0.15, -0.1) is 0 Å². The normalized spacial score (nSPS) is 29.6. The van der Waals surface area contributed by atoms with Gasteiger partial charge in [0.05, 0.1) is 49.2 Å². The van der Waals surface area contributed by atoms with E-state index in [-0.39, 0.29) is 26.4 Å². The number of nitrogens with zero attached hydrogens (tertiary/aromatic N) is 2. The predicted molar refractivity (Wildman–Crippen MR) is 314 cm³/mol. The number of aromatic amines is 2. The van der Waals surface area contributed by atoms with Crippen molar-refractivity contribution in [3.8, 4) is 67.5 Å². The number of hydrogen-bond acceptors (Lipinski definition) is 22. The van der Waals surface area contributed by atoms with Gasteiger partial charge in [-0.05, 0) is 119 Å². The molecule has 0 spiro atoms. The van der Waals surface area contributed by atoms with Gasteiger partial charge in [0.1, 0.15) is 96.2 Å². The van der Waals surface area contributed by atoms with Gasteiger partial charge < -0.3 is 109 Å². The lowest BCUT2D eigenvalue weighted by Crippen LogP contribution is -2.54. The molecule has 6 aliphatic rings. The van der Waals surface area contributed by atoms with E-state index in [1.54, 1.807) is 48.5 Å². The smallest absolute Gasteiger partial charge is 0.228 e. The number of benzene rings is 4. The maximum absolute atomic E-state index is 10.7. The van der Waals surface area contributed by atoms with E-state index in [0.29, 0.717) is 112 Å². The van der Waals surface area contributed by atoms with Crippen LogP contribution >= 0.6 is 0 Å². The van der Waals surface area contributed by atoms with E-state index in [4.69, 9.17) is 47.9 Å². The zero-order chi connectivity index (χ0) is 61.1. The fourth-order valence-electron chi connectivity index (χ4n) is 11.3. The molecule has 4 saturated heterocycles. The highest BCUT2D eigenvalue weighted by atomic mass is 16.7. The molecule has 4 aromatic carbocycles. The average Bonchev–Trinajstić information content (AvgIpc) is 2.81. The highest BCUT2D eigenvalue weighted by Gasteiger charge is 2.42. The summed E-state index contributed by atoms with van der Waals surface area (Å²) in [5.74, 6) is 1.20. The SMILES string of the molecule is O[C@H]1[C@H](O)COC(Oc2ccc(-c3c4nc(c(-c5ccc(OC6OC[C@@H](O)[C@H](O)[C@H]6O)cc5)c5ccc([nH]5)c(-c5ccc(OC6OC[C@@H](O)[C@H](O)[C@H]6O)cc5)c5nc(c(-c6ccc(OC7OC[C@@H](O)[C@H](O)[C@H]7O)cc6)c6ccc3[nH]6)C=C5)C=C4)cc2)[C@@H]1O. The van der Waals surface area contributed by atoms with Gasteiger partial charge in [0.2, 0.25) is 25.2 Å². The number of aromatic nitrogens is 4. The van der Waals surface area contributed by atoms with Crippen molar-refractivity contribution in [3.63, 3.8) is 0 Å². The molecule has 14 N–H and O–H groups in total. The van der Waals surface area contributed by atoms with Gasteiger partial charge >= 0.3 is 0 Å². The van der Waals surface area contributed by atoms with Gasteiger partial charge in [-0.2, -0.15) is 0 Å². The second kappa shape index (κ2) is 24.5. The molecular formula is C64H62N4O20. The molecular weight excluding hydrogens is 1140 g/mol. The van der Waals surface area contributed by atoms with Crippen molar-refractivity contribution in [1.29, 1.82) is 0 Å². The first-order chi connectivity index (χ1) is 42.5. The molecule has 4 fully saturated rings. The molecule has 458 valence electrons. The molecule has 13 rings (SSSR count). The second-order valence-electron chi connectivity index (χ2n) is 22.1. The fraction of sp³-hybridized carbons (Fsp3) is 0.312. The van der Waals surface area contributed by atoms with E-state index in [2.05, 4.69) is 9.97 Å². The van der Waals surface area contributed by atoms with E-state index < -0.39 is 98.4 Å². The van der Waals surface area contributed by atoms with Gasteiger partial charge in [0, 0.05) is 44.3 Å². The average molecular weight is 1210 g/mol. The Morgan fingerprint density at radius 2 is 0.489 bits per heavy atom. The van der Waals surface area contributed by atoms with Gasteiger partial charge in [-0.3, -0.25) is 0 Å². The Morgan fingerprint density at radius 1 is 0.284 bits per heavy atom. The molecule has 24 nitrogen and oxygen atoms in total. The minimum Gasteiger partial charge on any atom is -0.462 e. The number of nitrogens with one attached hydrogen (secondary N) is 2. The van der Waals surface area contributed by atoms with Crippen LogP contribution in [0.3, 0.4) is 0 Å². The fourth-order valence-corrected chi connectivity index (χ4v) is 11.3. The number of aliphatic hydroxyl groups excluding tert-OH is 12. The summed E-state index contributed by atoms with van der Waals surface area (Å²) in [6.07, 6.45) is -14.7. The van der Waals surface area contributed by atoms with Crippen LogP contribution < -0.4 is 18.9 Å². The summed E-state index contributed by atoms with van der Waals surface area (Å²) >= 11 is 0. The largest absolute Gasteiger partial charge is 0.462 e. The first kappa shape index (κ1) is 59.0. The van der Waals surface area contributed by atoms with Crippen LogP contribution in [-0.2, 0) is 18.9 Å². The summed E-state index contributed by atoms with van der Waals surface area (Å²) in [6.45, 7) is -1.00. The van der Waals surface area contributed by atoms with Crippen LogP contribution in [0.1, 0.15) is 22.8 Å². The Morgan fingerprint density at radius 3 is 0.693 bits per heavy atom. The van der Waals surface area contributed by atoms with Crippen LogP contribution in [0.5, 0.6) is 23.0 Å². The van der Waals surface area contributed by atoms with E-state index in [1.807, 2.05) is 97.1 Å². The molecule has 0 saturated carbocycles. The van der Waals surface area contributed by atoms with Crippen LogP contribution in [0.4, 0.5) is 0 Å². The standard InChI is InChI=1S/C64H62N4O20/c69-45-25-81-61(57(77)53(45)73)85-33-9-1-29(2-10-33)49-37-17-19-39(65-37)50(30-3-11-34(12-4-30)86-62-58(78)54(74)46(70)26-82-62)41-21-23-43(67-41)52(32-7-15-36(16-8-32)88-64-60(80)56(76)48(72)28-84-64)44-24-22-42(68-44)51(40-20-18-38(49)66-40)31-5-13-35(14-6-31)87-63-59(79)55(75)47(71)27-83-63/h1-24,45-48,53-65,68-80H,25-28H2/t45-,46-,47-,48-,53+,54+,55+,56+,57-,58-,59-,60-,61?,62?,63?,64?/m1/s1. The quantitative estimate of drug-likeness (QED) is 0.0836. The van der Waals surface area contributed by atoms with Crippen LogP contribution in [0.25, 0.3) is 90.9 Å². The number of fused-ring (bicyclic) bond motifs is 8. The predicted octanol–water partition coefficient (Wildman–Crippen LogP) is 2.59. The first-order valence-electron chi connectivity index (χ1n) is 28.4. The number of H-pyrrole nitrogens is 2.